The second kappa shape index (κ2) is 5.90. The van der Waals surface area contributed by atoms with E-state index in [9.17, 15) is 4.79 Å². The van der Waals surface area contributed by atoms with Crippen LogP contribution in [0.5, 0.6) is 5.75 Å². The van der Waals surface area contributed by atoms with Gasteiger partial charge in [-0.05, 0) is 31.4 Å². The SMILES string of the molecule is C#CCOc1cc(-n2nc3n(c2=O)CCCC3)c(Cl)cc1C. The molecule has 0 saturated carbocycles. The molecule has 114 valence electrons. The fraction of sp³-hybridized carbons (Fsp3) is 0.375. The first kappa shape index (κ1) is 14.7. The van der Waals surface area contributed by atoms with Crippen LogP contribution in [0.4, 0.5) is 0 Å². The zero-order chi connectivity index (χ0) is 15.7. The van der Waals surface area contributed by atoms with Gasteiger partial charge in [0.1, 0.15) is 18.2 Å². The number of benzene rings is 1. The van der Waals surface area contributed by atoms with Gasteiger partial charge in [0.15, 0.2) is 0 Å². The molecular formula is C16H16ClN3O2. The lowest BCUT2D eigenvalue weighted by Gasteiger charge is -2.10. The van der Waals surface area contributed by atoms with Gasteiger partial charge in [-0.2, -0.15) is 4.68 Å². The van der Waals surface area contributed by atoms with E-state index >= 15 is 0 Å². The lowest BCUT2D eigenvalue weighted by atomic mass is 10.2. The van der Waals surface area contributed by atoms with Gasteiger partial charge in [0.25, 0.3) is 0 Å². The Morgan fingerprint density at radius 3 is 3.00 bits per heavy atom. The molecule has 0 saturated heterocycles. The lowest BCUT2D eigenvalue weighted by Crippen LogP contribution is -2.26. The number of halogens is 1. The minimum Gasteiger partial charge on any atom is -0.481 e. The van der Waals surface area contributed by atoms with E-state index < -0.39 is 0 Å². The molecule has 0 aliphatic carbocycles. The van der Waals surface area contributed by atoms with E-state index in [0.29, 0.717) is 23.0 Å². The lowest BCUT2D eigenvalue weighted by molar-refractivity contribution is 0.367. The van der Waals surface area contributed by atoms with Gasteiger partial charge in [-0.25, -0.2) is 4.79 Å². The molecule has 0 fully saturated rings. The molecule has 0 N–H and O–H groups in total. The molecule has 0 unspecified atom stereocenters. The molecule has 0 radical (unpaired) electrons. The number of hydrogen-bond donors (Lipinski definition) is 0. The van der Waals surface area contributed by atoms with Crippen molar-refractivity contribution in [2.24, 2.45) is 0 Å². The molecule has 22 heavy (non-hydrogen) atoms. The quantitative estimate of drug-likeness (QED) is 0.816. The molecule has 1 aromatic heterocycles. The van der Waals surface area contributed by atoms with Crippen LogP contribution in [0.15, 0.2) is 16.9 Å². The molecule has 3 rings (SSSR count). The zero-order valence-electron chi connectivity index (χ0n) is 12.3. The van der Waals surface area contributed by atoms with Crippen molar-refractivity contribution in [1.29, 1.82) is 0 Å². The number of fused-ring (bicyclic) bond motifs is 1. The smallest absolute Gasteiger partial charge is 0.350 e. The molecule has 0 spiro atoms. The van der Waals surface area contributed by atoms with Crippen LogP contribution in [0.2, 0.25) is 5.02 Å². The summed E-state index contributed by atoms with van der Waals surface area (Å²) in [4.78, 5) is 12.5. The van der Waals surface area contributed by atoms with Crippen LogP contribution in [0.1, 0.15) is 24.2 Å². The molecular weight excluding hydrogens is 302 g/mol. The van der Waals surface area contributed by atoms with E-state index in [1.807, 2.05) is 6.92 Å². The van der Waals surface area contributed by atoms with Crippen molar-refractivity contribution in [2.45, 2.75) is 32.7 Å². The first-order valence-electron chi connectivity index (χ1n) is 7.17. The largest absolute Gasteiger partial charge is 0.481 e. The Morgan fingerprint density at radius 2 is 2.27 bits per heavy atom. The minimum absolute atomic E-state index is 0.163. The predicted molar refractivity (Wildman–Crippen MR) is 84.8 cm³/mol. The normalized spacial score (nSPS) is 13.5. The summed E-state index contributed by atoms with van der Waals surface area (Å²) in [6.45, 7) is 2.75. The van der Waals surface area contributed by atoms with Crippen molar-refractivity contribution in [1.82, 2.24) is 14.3 Å². The van der Waals surface area contributed by atoms with Crippen LogP contribution >= 0.6 is 11.6 Å². The Morgan fingerprint density at radius 1 is 1.45 bits per heavy atom. The molecule has 0 atom stereocenters. The van der Waals surface area contributed by atoms with E-state index in [0.717, 1.165) is 30.7 Å². The highest BCUT2D eigenvalue weighted by Crippen LogP contribution is 2.28. The molecule has 0 bridgehead atoms. The van der Waals surface area contributed by atoms with Crippen molar-refractivity contribution in [3.05, 3.63) is 39.0 Å². The van der Waals surface area contributed by atoms with Gasteiger partial charge in [0.05, 0.1) is 10.7 Å². The van der Waals surface area contributed by atoms with Crippen molar-refractivity contribution in [3.8, 4) is 23.8 Å². The first-order valence-corrected chi connectivity index (χ1v) is 7.55. The second-order valence-electron chi connectivity index (χ2n) is 5.28. The zero-order valence-corrected chi connectivity index (χ0v) is 13.1. The van der Waals surface area contributed by atoms with Crippen LogP contribution < -0.4 is 10.4 Å². The number of aromatic nitrogens is 3. The Labute approximate surface area is 133 Å². The van der Waals surface area contributed by atoms with E-state index in [1.54, 1.807) is 16.7 Å². The summed E-state index contributed by atoms with van der Waals surface area (Å²) in [7, 11) is 0. The van der Waals surface area contributed by atoms with Crippen molar-refractivity contribution < 1.29 is 4.74 Å². The fourth-order valence-electron chi connectivity index (χ4n) is 2.64. The molecule has 1 aromatic carbocycles. The van der Waals surface area contributed by atoms with Crippen LogP contribution in [-0.4, -0.2) is 21.0 Å². The molecule has 2 aromatic rings. The third-order valence-corrected chi connectivity index (χ3v) is 4.06. The highest BCUT2D eigenvalue weighted by atomic mass is 35.5. The average molecular weight is 318 g/mol. The number of hydrogen-bond acceptors (Lipinski definition) is 3. The topological polar surface area (TPSA) is 49.0 Å². The standard InChI is InChI=1S/C16H16ClN3O2/c1-3-8-22-14-10-13(12(17)9-11(14)2)20-16(21)19-7-5-4-6-15(19)18-20/h1,9-10H,4-8H2,2H3. The van der Waals surface area contributed by atoms with Gasteiger partial charge in [-0.3, -0.25) is 4.57 Å². The molecule has 1 aliphatic heterocycles. The summed E-state index contributed by atoms with van der Waals surface area (Å²) in [5.74, 6) is 3.84. The highest BCUT2D eigenvalue weighted by molar-refractivity contribution is 6.32. The molecule has 1 aliphatic rings. The maximum atomic E-state index is 12.5. The van der Waals surface area contributed by atoms with Gasteiger partial charge in [-0.15, -0.1) is 11.5 Å². The molecule has 0 amide bonds. The number of aryl methyl sites for hydroxylation is 2. The van der Waals surface area contributed by atoms with Crippen LogP contribution in [-0.2, 0) is 13.0 Å². The molecule has 2 heterocycles. The van der Waals surface area contributed by atoms with E-state index in [-0.39, 0.29) is 12.3 Å². The third kappa shape index (κ3) is 2.51. The molecule has 5 nitrogen and oxygen atoms in total. The number of nitrogens with zero attached hydrogens (tertiary/aromatic N) is 3. The van der Waals surface area contributed by atoms with Gasteiger partial charge in [-0.1, -0.05) is 17.5 Å². The maximum absolute atomic E-state index is 12.5. The maximum Gasteiger partial charge on any atom is 0.350 e. The summed E-state index contributed by atoms with van der Waals surface area (Å²) < 4.78 is 8.56. The Balaban J connectivity index is 2.10. The number of terminal acetylenes is 1. The summed E-state index contributed by atoms with van der Waals surface area (Å²) in [5.41, 5.74) is 1.22. The van der Waals surface area contributed by atoms with Crippen molar-refractivity contribution >= 4 is 11.6 Å². The van der Waals surface area contributed by atoms with Crippen LogP contribution in [0, 0.1) is 19.3 Å². The second-order valence-corrected chi connectivity index (χ2v) is 5.69. The Hall–Kier alpha value is -2.19. The predicted octanol–water partition coefficient (Wildman–Crippen LogP) is 2.34. The number of rotatable bonds is 3. The van der Waals surface area contributed by atoms with Gasteiger partial charge in [0.2, 0.25) is 0 Å². The fourth-order valence-corrected chi connectivity index (χ4v) is 2.93. The summed E-state index contributed by atoms with van der Waals surface area (Å²) in [5, 5.41) is 4.88. The van der Waals surface area contributed by atoms with E-state index in [2.05, 4.69) is 11.0 Å². The Bertz CT molecular complexity index is 814. The van der Waals surface area contributed by atoms with Crippen molar-refractivity contribution in [2.75, 3.05) is 6.61 Å². The van der Waals surface area contributed by atoms with Gasteiger partial charge < -0.3 is 4.74 Å². The van der Waals surface area contributed by atoms with Gasteiger partial charge in [0, 0.05) is 19.0 Å². The van der Waals surface area contributed by atoms with E-state index in [1.165, 1.54) is 4.68 Å². The average Bonchev–Trinajstić information content (AvgIpc) is 2.84. The first-order chi connectivity index (χ1) is 10.6. The highest BCUT2D eigenvalue weighted by Gasteiger charge is 2.19. The van der Waals surface area contributed by atoms with Gasteiger partial charge >= 0.3 is 5.69 Å². The minimum atomic E-state index is -0.164. The monoisotopic (exact) mass is 317 g/mol. The third-order valence-electron chi connectivity index (χ3n) is 3.75. The van der Waals surface area contributed by atoms with Crippen LogP contribution in [0.25, 0.3) is 5.69 Å². The van der Waals surface area contributed by atoms with E-state index in [4.69, 9.17) is 22.8 Å². The summed E-state index contributed by atoms with van der Waals surface area (Å²) in [6.07, 6.45) is 8.08. The van der Waals surface area contributed by atoms with Crippen LogP contribution in [0.3, 0.4) is 0 Å². The van der Waals surface area contributed by atoms with Crippen molar-refractivity contribution in [3.63, 3.8) is 0 Å². The summed E-state index contributed by atoms with van der Waals surface area (Å²) >= 11 is 6.30. The summed E-state index contributed by atoms with van der Waals surface area (Å²) in [6, 6.07) is 3.48. The molecule has 6 heteroatoms. The number of ether oxygens (including phenoxy) is 1. The Kier molecular flexibility index (Phi) is 3.95.